The molecule has 300 valence electrons. The van der Waals surface area contributed by atoms with Crippen LogP contribution in [0.1, 0.15) is 40.0 Å². The topological polar surface area (TPSA) is 170 Å². The van der Waals surface area contributed by atoms with E-state index in [4.69, 9.17) is 22.9 Å². The summed E-state index contributed by atoms with van der Waals surface area (Å²) in [7, 11) is 4.02. The molecule has 8 aromatic rings. The van der Waals surface area contributed by atoms with E-state index >= 15 is 0 Å². The highest BCUT2D eigenvalue weighted by Gasteiger charge is 2.24. The van der Waals surface area contributed by atoms with E-state index in [2.05, 4.69) is 19.8 Å². The summed E-state index contributed by atoms with van der Waals surface area (Å²) in [5.41, 5.74) is 34.4. The Kier molecular flexibility index (Phi) is 12.4. The average Bonchev–Trinajstić information content (AvgIpc) is 3.20. The second-order valence-corrected chi connectivity index (χ2v) is 14.7. The fourth-order valence-corrected chi connectivity index (χ4v) is 8.04. The number of benzene rings is 6. The van der Waals surface area contributed by atoms with Gasteiger partial charge < -0.3 is 58.4 Å². The molecule has 2 heterocycles. The molecule has 0 fully saturated rings. The Balaban J connectivity index is 0.00000293. The van der Waals surface area contributed by atoms with Crippen LogP contribution in [0.15, 0.2) is 121 Å². The first-order chi connectivity index (χ1) is 27.6. The van der Waals surface area contributed by atoms with Crippen LogP contribution >= 0.6 is 0 Å². The van der Waals surface area contributed by atoms with Gasteiger partial charge in [0.15, 0.2) is 0 Å². The van der Waals surface area contributed by atoms with E-state index in [1.165, 1.54) is 0 Å². The van der Waals surface area contributed by atoms with Crippen LogP contribution in [0.5, 0.6) is 0 Å². The zero-order chi connectivity index (χ0) is 39.8. The van der Waals surface area contributed by atoms with Crippen LogP contribution in [-0.4, -0.2) is 24.9 Å². The van der Waals surface area contributed by atoms with E-state index in [1.807, 2.05) is 135 Å². The first-order valence-electron chi connectivity index (χ1n) is 19.2. The number of anilines is 4. The van der Waals surface area contributed by atoms with Gasteiger partial charge in [0.25, 0.3) is 11.8 Å². The summed E-state index contributed by atoms with van der Waals surface area (Å²) in [6, 6.07) is 39.0. The number of hydrogen-bond donors (Lipinski definition) is 6. The van der Waals surface area contributed by atoms with Crippen LogP contribution in [-0.2, 0) is 14.1 Å². The molecule has 0 aliphatic carbocycles. The molecule has 0 aliphatic rings. The van der Waals surface area contributed by atoms with Crippen molar-refractivity contribution in [3.05, 3.63) is 132 Å². The van der Waals surface area contributed by atoms with Crippen molar-refractivity contribution in [2.24, 2.45) is 14.1 Å². The number of aromatic nitrogens is 2. The number of carbonyl (C=O) groups excluding carboxylic acids is 2. The molecule has 8 rings (SSSR count). The molecule has 0 aliphatic heterocycles. The van der Waals surface area contributed by atoms with Crippen molar-refractivity contribution in [2.45, 2.75) is 19.3 Å². The van der Waals surface area contributed by atoms with E-state index < -0.39 is 0 Å². The summed E-state index contributed by atoms with van der Waals surface area (Å²) in [6.45, 7) is 1.04. The molecule has 2 amide bonds. The first kappa shape index (κ1) is 42.0. The summed E-state index contributed by atoms with van der Waals surface area (Å²) >= 11 is 0. The van der Waals surface area contributed by atoms with E-state index in [9.17, 15) is 9.59 Å². The quantitative estimate of drug-likeness (QED) is 0.0520. The second kappa shape index (κ2) is 17.5. The summed E-state index contributed by atoms with van der Waals surface area (Å²) < 4.78 is 4.22. The number of fused-ring (bicyclic) bond motifs is 6. The number of carbonyl (C=O) groups is 2. The van der Waals surface area contributed by atoms with E-state index in [1.54, 1.807) is 0 Å². The highest BCUT2D eigenvalue weighted by molar-refractivity contribution is 6.11. The molecule has 0 spiro atoms. The van der Waals surface area contributed by atoms with Gasteiger partial charge in [-0.2, -0.15) is 9.13 Å². The Labute approximate surface area is 355 Å². The van der Waals surface area contributed by atoms with Gasteiger partial charge in [0.05, 0.1) is 21.5 Å². The van der Waals surface area contributed by atoms with Crippen molar-refractivity contribution in [1.29, 1.82) is 0 Å². The molecule has 0 bridgehead atoms. The van der Waals surface area contributed by atoms with Gasteiger partial charge >= 0.3 is 0 Å². The van der Waals surface area contributed by atoms with Crippen LogP contribution in [0.2, 0.25) is 0 Å². The lowest BCUT2D eigenvalue weighted by Crippen LogP contribution is -3.00. The van der Waals surface area contributed by atoms with Crippen molar-refractivity contribution in [3.63, 3.8) is 0 Å². The van der Waals surface area contributed by atoms with Crippen LogP contribution < -0.4 is 67.5 Å². The lowest BCUT2D eigenvalue weighted by atomic mass is 9.97. The number of pyridine rings is 2. The van der Waals surface area contributed by atoms with E-state index in [-0.39, 0.29) is 36.6 Å². The van der Waals surface area contributed by atoms with Crippen molar-refractivity contribution in [2.75, 3.05) is 36.0 Å². The molecule has 0 atom stereocenters. The molecular weight excluding hydrogens is 779 g/mol. The highest BCUT2D eigenvalue weighted by Crippen LogP contribution is 2.35. The summed E-state index contributed by atoms with van der Waals surface area (Å²) in [6.07, 6.45) is 2.40. The van der Waals surface area contributed by atoms with Gasteiger partial charge in [0, 0.05) is 81.0 Å². The minimum Gasteiger partial charge on any atom is -1.00 e. The molecule has 10 nitrogen and oxygen atoms in total. The minimum atomic E-state index is -0.139. The molecule has 0 radical (unpaired) electrons. The number of amides is 2. The number of unbranched alkanes of at least 4 members (excludes halogenated alkanes) is 2. The van der Waals surface area contributed by atoms with Gasteiger partial charge in [-0.05, 0) is 104 Å². The summed E-state index contributed by atoms with van der Waals surface area (Å²) in [5, 5.41) is 12.4. The van der Waals surface area contributed by atoms with Gasteiger partial charge in [0.1, 0.15) is 14.1 Å². The monoisotopic (exact) mass is 824 g/mol. The third-order valence-electron chi connectivity index (χ3n) is 10.8. The number of nitrogen functional groups attached to an aromatic ring is 4. The SMILES string of the molecule is C[n+]1c(-c2cccc(C(=O)NCCCCCNC(=O)c3cccc(-c4c5cc(N)ccc5c5ccc(N)cc5[n+]4C)c3)c2)c2cc(N)ccc2c2ccc(N)cc21.[Cl-].[Cl-]. The zero-order valence-corrected chi connectivity index (χ0v) is 34.4. The van der Waals surface area contributed by atoms with Crippen LogP contribution in [0, 0.1) is 0 Å². The third kappa shape index (κ3) is 8.23. The fraction of sp³-hybridized carbons (Fsp3) is 0.149. The predicted molar refractivity (Wildman–Crippen MR) is 232 cm³/mol. The fourth-order valence-electron chi connectivity index (χ4n) is 8.04. The van der Waals surface area contributed by atoms with Gasteiger partial charge in [-0.3, -0.25) is 9.59 Å². The zero-order valence-electron chi connectivity index (χ0n) is 32.9. The molecule has 6 aromatic carbocycles. The number of halogens is 2. The number of aryl methyl sites for hydroxylation is 2. The predicted octanol–water partition coefficient (Wildman–Crippen LogP) is 0.949. The van der Waals surface area contributed by atoms with Crippen molar-refractivity contribution in [1.82, 2.24) is 10.6 Å². The maximum absolute atomic E-state index is 13.3. The summed E-state index contributed by atoms with van der Waals surface area (Å²) in [4.78, 5) is 26.6. The maximum Gasteiger partial charge on any atom is 0.251 e. The second-order valence-electron chi connectivity index (χ2n) is 14.7. The Bertz CT molecular complexity index is 2720. The third-order valence-corrected chi connectivity index (χ3v) is 10.8. The number of nitrogens with one attached hydrogen (secondary N) is 2. The van der Waals surface area contributed by atoms with Crippen LogP contribution in [0.4, 0.5) is 22.7 Å². The van der Waals surface area contributed by atoms with Gasteiger partial charge in [-0.15, -0.1) is 0 Å². The van der Waals surface area contributed by atoms with Crippen molar-refractivity contribution in [3.8, 4) is 22.5 Å². The van der Waals surface area contributed by atoms with Crippen LogP contribution in [0.25, 0.3) is 65.9 Å². The molecule has 59 heavy (non-hydrogen) atoms. The van der Waals surface area contributed by atoms with E-state index in [0.29, 0.717) is 47.0 Å². The molecule has 0 unspecified atom stereocenters. The molecule has 12 heteroatoms. The van der Waals surface area contributed by atoms with Crippen molar-refractivity contribution < 1.29 is 43.5 Å². The van der Waals surface area contributed by atoms with Gasteiger partial charge in [0.2, 0.25) is 22.4 Å². The Morgan fingerprint density at radius 3 is 1.24 bits per heavy atom. The summed E-state index contributed by atoms with van der Waals surface area (Å²) in [5.74, 6) is -0.277. The standard InChI is InChI=1S/C47H44N8O2.2ClH/c1-54-42-26-34(50)14-18-38(42)36-16-12-32(48)24-40(36)44(54)28-8-6-10-30(22-28)46(56)52-20-4-3-5-21-53-47(57)31-11-7-9-29(23-31)45-41-25-33(49)13-17-37(41)39-19-15-35(51)27-43(39)55(45)2;;/h6-19,22-27,50-51H,3-5,20-21,48-49H2,1-2H3,(H2,52,53,56,57);2*1H. The smallest absolute Gasteiger partial charge is 0.251 e. The molecule has 0 saturated heterocycles. The normalized spacial score (nSPS) is 11.0. The highest BCUT2D eigenvalue weighted by atomic mass is 35.5. The number of nitrogens with zero attached hydrogens (tertiary/aromatic N) is 2. The molecular formula is C47H46Cl2N8O2. The Morgan fingerprint density at radius 2 is 0.831 bits per heavy atom. The first-order valence-corrected chi connectivity index (χ1v) is 19.2. The van der Waals surface area contributed by atoms with E-state index in [0.717, 1.165) is 85.1 Å². The largest absolute Gasteiger partial charge is 1.00 e. The molecule has 10 N–H and O–H groups in total. The van der Waals surface area contributed by atoms with Crippen molar-refractivity contribution >= 4 is 77.9 Å². The number of hydrogen-bond acceptors (Lipinski definition) is 6. The number of nitrogens with two attached hydrogens (primary N) is 4. The average molecular weight is 826 g/mol. The Hall–Kier alpha value is -6.62. The van der Waals surface area contributed by atoms with Gasteiger partial charge in [-0.25, -0.2) is 0 Å². The number of rotatable bonds is 10. The lowest BCUT2D eigenvalue weighted by Gasteiger charge is -2.12. The lowest BCUT2D eigenvalue weighted by molar-refractivity contribution is -0.632. The Morgan fingerprint density at radius 1 is 0.458 bits per heavy atom. The minimum absolute atomic E-state index is 0. The molecule has 0 saturated carbocycles. The maximum atomic E-state index is 13.3. The molecule has 2 aromatic heterocycles. The van der Waals surface area contributed by atoms with Crippen LogP contribution in [0.3, 0.4) is 0 Å². The van der Waals surface area contributed by atoms with Gasteiger partial charge in [-0.1, -0.05) is 24.3 Å².